The van der Waals surface area contributed by atoms with Gasteiger partial charge >= 0.3 is 0 Å². The summed E-state index contributed by atoms with van der Waals surface area (Å²) in [5, 5.41) is 11.1. The number of hydrogen-bond acceptors (Lipinski definition) is 5. The maximum absolute atomic E-state index is 12.7. The van der Waals surface area contributed by atoms with Crippen LogP contribution in [0.1, 0.15) is 44.1 Å². The minimum Gasteiger partial charge on any atom is -0.389 e. The molecule has 30 heavy (non-hydrogen) atoms. The molecule has 1 aromatic rings. The summed E-state index contributed by atoms with van der Waals surface area (Å²) >= 11 is 6.17. The number of carbonyl (C=O) groups is 1. The Bertz CT molecular complexity index is 712. The lowest BCUT2D eigenvalue weighted by molar-refractivity contribution is -0.161. The second-order valence-electron chi connectivity index (χ2n) is 8.84. The second kappa shape index (κ2) is 10.4. The van der Waals surface area contributed by atoms with Gasteiger partial charge in [0, 0.05) is 37.2 Å². The molecule has 1 amide bonds. The summed E-state index contributed by atoms with van der Waals surface area (Å²) in [6, 6.07) is 8.02. The molecular weight excluding hydrogens is 404 g/mol. The fourth-order valence-electron chi connectivity index (χ4n) is 4.96. The molecule has 0 bridgehead atoms. The molecule has 0 saturated carbocycles. The summed E-state index contributed by atoms with van der Waals surface area (Å²) in [5.41, 5.74) is 1.12. The molecule has 4 atom stereocenters. The lowest BCUT2D eigenvalue weighted by atomic mass is 9.94. The zero-order chi connectivity index (χ0) is 20.9. The van der Waals surface area contributed by atoms with Crippen LogP contribution in [0.4, 0.5) is 0 Å². The lowest BCUT2D eigenvalue weighted by Crippen LogP contribution is -2.55. The molecule has 0 aliphatic carbocycles. The molecule has 3 aliphatic heterocycles. The summed E-state index contributed by atoms with van der Waals surface area (Å²) < 4.78 is 12.1. The van der Waals surface area contributed by atoms with E-state index in [1.807, 2.05) is 23.1 Å². The van der Waals surface area contributed by atoms with E-state index in [0.29, 0.717) is 32.7 Å². The maximum Gasteiger partial charge on any atom is 0.225 e. The van der Waals surface area contributed by atoms with Crippen LogP contribution >= 0.6 is 11.6 Å². The zero-order valence-electron chi connectivity index (χ0n) is 17.5. The van der Waals surface area contributed by atoms with Crippen LogP contribution in [0.15, 0.2) is 24.3 Å². The molecule has 6 nitrogen and oxygen atoms in total. The normalized spacial score (nSPS) is 30.9. The van der Waals surface area contributed by atoms with Crippen molar-refractivity contribution in [2.24, 2.45) is 0 Å². The molecule has 1 N–H and O–H groups in total. The third kappa shape index (κ3) is 5.74. The minimum atomic E-state index is -0.525. The number of halogens is 1. The van der Waals surface area contributed by atoms with E-state index in [2.05, 4.69) is 11.0 Å². The molecule has 0 unspecified atom stereocenters. The van der Waals surface area contributed by atoms with Crippen LogP contribution in [0.5, 0.6) is 0 Å². The number of aliphatic hydroxyl groups excluding tert-OH is 1. The molecule has 3 heterocycles. The van der Waals surface area contributed by atoms with E-state index >= 15 is 0 Å². The molecular formula is C23H33ClN2O4. The van der Waals surface area contributed by atoms with Gasteiger partial charge in [-0.05, 0) is 49.8 Å². The van der Waals surface area contributed by atoms with Crippen molar-refractivity contribution in [3.8, 4) is 0 Å². The molecule has 0 radical (unpaired) electrons. The number of amides is 1. The summed E-state index contributed by atoms with van der Waals surface area (Å²) in [6.07, 6.45) is 5.00. The van der Waals surface area contributed by atoms with Crippen LogP contribution in [0.25, 0.3) is 0 Å². The summed E-state index contributed by atoms with van der Waals surface area (Å²) in [6.45, 7) is 3.75. The molecule has 3 fully saturated rings. The van der Waals surface area contributed by atoms with Gasteiger partial charge in [-0.15, -0.1) is 0 Å². The number of likely N-dealkylation sites (tertiary alicyclic amines) is 1. The van der Waals surface area contributed by atoms with Gasteiger partial charge in [0.05, 0.1) is 37.9 Å². The predicted molar refractivity (Wildman–Crippen MR) is 115 cm³/mol. The first kappa shape index (κ1) is 22.0. The van der Waals surface area contributed by atoms with Gasteiger partial charge in [-0.25, -0.2) is 0 Å². The monoisotopic (exact) mass is 436 g/mol. The topological polar surface area (TPSA) is 62.2 Å². The van der Waals surface area contributed by atoms with E-state index in [1.54, 1.807) is 0 Å². The Morgan fingerprint density at radius 3 is 2.80 bits per heavy atom. The number of benzene rings is 1. The number of ether oxygens (including phenoxy) is 2. The third-order valence-corrected chi connectivity index (χ3v) is 6.71. The largest absolute Gasteiger partial charge is 0.389 e. The van der Waals surface area contributed by atoms with E-state index in [9.17, 15) is 9.90 Å². The SMILES string of the molecule is O=C(C[C@H]1CC[C@H]2[C@@H](COC[C@H](O)CN2Cc2cccc(Cl)c2)O1)N1CCCCC1. The van der Waals surface area contributed by atoms with Gasteiger partial charge in [-0.3, -0.25) is 9.69 Å². The van der Waals surface area contributed by atoms with Gasteiger partial charge in [0.1, 0.15) is 0 Å². The standard InChI is InChI=1S/C23H33ClN2O4/c24-18-6-4-5-17(11-18)13-26-14-19(27)15-29-16-22-21(26)8-7-20(30-22)12-23(28)25-9-2-1-3-10-25/h4-6,11,19-22,27H,1-3,7-10,12-16H2/t19-,20-,21+,22-/m1/s1. The zero-order valence-corrected chi connectivity index (χ0v) is 18.3. The van der Waals surface area contributed by atoms with E-state index in [0.717, 1.165) is 49.4 Å². The first-order valence-corrected chi connectivity index (χ1v) is 11.6. The fraction of sp³-hybridized carbons (Fsp3) is 0.696. The molecule has 7 heteroatoms. The smallest absolute Gasteiger partial charge is 0.225 e. The number of piperidine rings is 1. The van der Waals surface area contributed by atoms with Gasteiger partial charge < -0.3 is 19.5 Å². The van der Waals surface area contributed by atoms with Crippen molar-refractivity contribution in [2.75, 3.05) is 32.8 Å². The summed E-state index contributed by atoms with van der Waals surface area (Å²) in [5.74, 6) is 0.219. The molecule has 3 aliphatic rings. The highest BCUT2D eigenvalue weighted by Crippen LogP contribution is 2.29. The minimum absolute atomic E-state index is 0.0540. The molecule has 1 aromatic carbocycles. The van der Waals surface area contributed by atoms with Gasteiger partial charge in [0.25, 0.3) is 0 Å². The number of β-amino-alcohol motifs (C(OH)–C–C–N with tert-alkyl or cyclic N) is 1. The Labute approximate surface area is 184 Å². The average molecular weight is 437 g/mol. The van der Waals surface area contributed by atoms with Gasteiger partial charge in [-0.1, -0.05) is 23.7 Å². The number of rotatable bonds is 4. The van der Waals surface area contributed by atoms with Crippen LogP contribution in [-0.2, 0) is 20.8 Å². The maximum atomic E-state index is 12.7. The Morgan fingerprint density at radius 2 is 2.00 bits per heavy atom. The van der Waals surface area contributed by atoms with Crippen molar-refractivity contribution in [3.63, 3.8) is 0 Å². The highest BCUT2D eigenvalue weighted by Gasteiger charge is 2.38. The summed E-state index contributed by atoms with van der Waals surface area (Å²) in [7, 11) is 0. The third-order valence-electron chi connectivity index (χ3n) is 6.47. The Morgan fingerprint density at radius 1 is 1.17 bits per heavy atom. The Kier molecular flexibility index (Phi) is 7.65. The van der Waals surface area contributed by atoms with E-state index in [-0.39, 0.29) is 24.2 Å². The number of hydrogen-bond donors (Lipinski definition) is 1. The molecule has 166 valence electrons. The Balaban J connectivity index is 1.40. The summed E-state index contributed by atoms with van der Waals surface area (Å²) in [4.78, 5) is 17.0. The van der Waals surface area contributed by atoms with Crippen LogP contribution in [0, 0.1) is 0 Å². The average Bonchev–Trinajstić information content (AvgIpc) is 2.73. The van der Waals surface area contributed by atoms with Crippen LogP contribution in [-0.4, -0.2) is 78.0 Å². The van der Waals surface area contributed by atoms with E-state index in [4.69, 9.17) is 21.1 Å². The van der Waals surface area contributed by atoms with Crippen LogP contribution in [0.2, 0.25) is 5.02 Å². The van der Waals surface area contributed by atoms with Crippen molar-refractivity contribution < 1.29 is 19.4 Å². The highest BCUT2D eigenvalue weighted by atomic mass is 35.5. The molecule has 0 spiro atoms. The number of fused-ring (bicyclic) bond motifs is 1. The van der Waals surface area contributed by atoms with E-state index in [1.165, 1.54) is 6.42 Å². The quantitative estimate of drug-likeness (QED) is 0.786. The van der Waals surface area contributed by atoms with Crippen LogP contribution in [0.3, 0.4) is 0 Å². The fourth-order valence-corrected chi connectivity index (χ4v) is 5.18. The number of carbonyl (C=O) groups excluding carboxylic acids is 1. The first-order valence-electron chi connectivity index (χ1n) is 11.3. The van der Waals surface area contributed by atoms with Crippen molar-refractivity contribution in [2.45, 2.75) is 69.4 Å². The Hall–Kier alpha value is -1.18. The highest BCUT2D eigenvalue weighted by molar-refractivity contribution is 6.30. The predicted octanol–water partition coefficient (Wildman–Crippen LogP) is 2.85. The van der Waals surface area contributed by atoms with Crippen molar-refractivity contribution in [1.29, 1.82) is 0 Å². The van der Waals surface area contributed by atoms with Gasteiger partial charge in [-0.2, -0.15) is 0 Å². The van der Waals surface area contributed by atoms with Crippen molar-refractivity contribution in [3.05, 3.63) is 34.9 Å². The van der Waals surface area contributed by atoms with Gasteiger partial charge in [0.2, 0.25) is 5.91 Å². The second-order valence-corrected chi connectivity index (χ2v) is 9.27. The first-order chi connectivity index (χ1) is 14.6. The molecule has 4 rings (SSSR count). The van der Waals surface area contributed by atoms with Gasteiger partial charge in [0.15, 0.2) is 0 Å². The van der Waals surface area contributed by atoms with Crippen LogP contribution < -0.4 is 0 Å². The number of nitrogens with zero attached hydrogens (tertiary/aromatic N) is 2. The van der Waals surface area contributed by atoms with E-state index < -0.39 is 6.10 Å². The van der Waals surface area contributed by atoms with Crippen molar-refractivity contribution >= 4 is 17.5 Å². The lowest BCUT2D eigenvalue weighted by Gasteiger charge is -2.44. The molecule has 0 aromatic heterocycles. The van der Waals surface area contributed by atoms with Crippen molar-refractivity contribution in [1.82, 2.24) is 9.80 Å². The number of aliphatic hydroxyl groups is 1. The molecule has 3 saturated heterocycles.